The van der Waals surface area contributed by atoms with E-state index in [1.165, 1.54) is 67.7 Å². The quantitative estimate of drug-likeness (QED) is 0.233. The molecule has 2 unspecified atom stereocenters. The van der Waals surface area contributed by atoms with Crippen LogP contribution in [0.1, 0.15) is 32.8 Å². The van der Waals surface area contributed by atoms with E-state index in [0.717, 1.165) is 4.31 Å². The molecule has 0 aromatic heterocycles. The van der Waals surface area contributed by atoms with E-state index in [2.05, 4.69) is 5.32 Å². The van der Waals surface area contributed by atoms with Crippen LogP contribution in [0.4, 0.5) is 5.69 Å². The lowest BCUT2D eigenvalue weighted by Crippen LogP contribution is -2.52. The van der Waals surface area contributed by atoms with Gasteiger partial charge >= 0.3 is 0 Å². The highest BCUT2D eigenvalue weighted by Crippen LogP contribution is 2.33. The van der Waals surface area contributed by atoms with Crippen LogP contribution in [0.25, 0.3) is 0 Å². The molecule has 0 saturated carbocycles. The van der Waals surface area contributed by atoms with Gasteiger partial charge in [0.1, 0.15) is 12.6 Å². The number of rotatable bonds is 13. The lowest BCUT2D eigenvalue weighted by molar-refractivity contribution is -0.139. The molecule has 2 atom stereocenters. The zero-order valence-corrected chi connectivity index (χ0v) is 27.5. The smallest absolute Gasteiger partial charge is 0.264 e. The molecule has 9 nitrogen and oxygen atoms in total. The normalized spacial score (nSPS) is 12.7. The van der Waals surface area contributed by atoms with Crippen molar-refractivity contribution in [2.24, 2.45) is 0 Å². The van der Waals surface area contributed by atoms with Gasteiger partial charge in [-0.2, -0.15) is 0 Å². The number of nitrogens with zero attached hydrogens (tertiary/aromatic N) is 2. The van der Waals surface area contributed by atoms with Crippen LogP contribution in [0.5, 0.6) is 11.5 Å². The Labute approximate surface area is 267 Å². The molecule has 232 valence electrons. The summed E-state index contributed by atoms with van der Waals surface area (Å²) in [7, 11) is -1.52. The monoisotopic (exact) mass is 669 g/mol. The third-order valence-corrected chi connectivity index (χ3v) is 9.47. The molecule has 0 fully saturated rings. The van der Waals surface area contributed by atoms with Gasteiger partial charge in [-0.1, -0.05) is 47.8 Å². The van der Waals surface area contributed by atoms with Crippen LogP contribution in [0, 0.1) is 0 Å². The molecule has 43 heavy (non-hydrogen) atoms. The maximum Gasteiger partial charge on any atom is 0.264 e. The Bertz CT molecular complexity index is 1550. The van der Waals surface area contributed by atoms with E-state index >= 15 is 0 Å². The molecule has 0 spiro atoms. The summed E-state index contributed by atoms with van der Waals surface area (Å²) < 4.78 is 39.7. The number of hydrogen-bond acceptors (Lipinski definition) is 6. The molecule has 0 aliphatic rings. The number of benzene rings is 3. The summed E-state index contributed by atoms with van der Waals surface area (Å²) in [5, 5.41) is 3.97. The Morgan fingerprint density at radius 1 is 0.884 bits per heavy atom. The van der Waals surface area contributed by atoms with Gasteiger partial charge in [0.2, 0.25) is 11.8 Å². The average molecular weight is 671 g/mol. The van der Waals surface area contributed by atoms with E-state index in [-0.39, 0.29) is 28.9 Å². The van der Waals surface area contributed by atoms with Gasteiger partial charge < -0.3 is 19.7 Å². The molecule has 3 rings (SSSR count). The van der Waals surface area contributed by atoms with Gasteiger partial charge in [-0.15, -0.1) is 0 Å². The van der Waals surface area contributed by atoms with Gasteiger partial charge in [0, 0.05) is 33.7 Å². The van der Waals surface area contributed by atoms with Gasteiger partial charge in [0.05, 0.1) is 24.8 Å². The first-order chi connectivity index (χ1) is 20.3. The van der Waals surface area contributed by atoms with Gasteiger partial charge in [-0.3, -0.25) is 13.9 Å². The number of amides is 2. The fourth-order valence-electron chi connectivity index (χ4n) is 4.12. The second-order valence-electron chi connectivity index (χ2n) is 9.76. The molecule has 0 radical (unpaired) electrons. The van der Waals surface area contributed by atoms with E-state index in [9.17, 15) is 18.0 Å². The third-order valence-electron chi connectivity index (χ3n) is 6.86. The van der Waals surface area contributed by atoms with Gasteiger partial charge in [-0.05, 0) is 74.4 Å². The predicted octanol–water partition coefficient (Wildman–Crippen LogP) is 6.19. The SMILES string of the molecule is CCC(C)NC(=O)C(C)N(Cc1ccc(Cl)cc1Cl)C(=O)CN(c1ccc(Cl)cc1)S(=O)(=O)c1ccc(OC)c(OC)c1. The molecule has 1 N–H and O–H groups in total. The first-order valence-corrected chi connectivity index (χ1v) is 15.9. The minimum Gasteiger partial charge on any atom is -0.493 e. The van der Waals surface area contributed by atoms with Crippen molar-refractivity contribution in [1.29, 1.82) is 0 Å². The molecule has 0 heterocycles. The van der Waals surface area contributed by atoms with Crippen LogP contribution in [0.3, 0.4) is 0 Å². The second kappa shape index (κ2) is 15.0. The van der Waals surface area contributed by atoms with Crippen molar-refractivity contribution in [1.82, 2.24) is 10.2 Å². The van der Waals surface area contributed by atoms with Crippen LogP contribution >= 0.6 is 34.8 Å². The molecule has 0 bridgehead atoms. The van der Waals surface area contributed by atoms with Crippen LogP contribution in [0.15, 0.2) is 65.6 Å². The Morgan fingerprint density at radius 3 is 2.09 bits per heavy atom. The highest BCUT2D eigenvalue weighted by Gasteiger charge is 2.33. The summed E-state index contributed by atoms with van der Waals surface area (Å²) in [6.45, 7) is 4.65. The molecule has 0 aliphatic carbocycles. The molecule has 3 aromatic rings. The zero-order valence-electron chi connectivity index (χ0n) is 24.4. The van der Waals surface area contributed by atoms with E-state index < -0.39 is 34.4 Å². The van der Waals surface area contributed by atoms with Gasteiger partial charge in [0.15, 0.2) is 11.5 Å². The summed E-state index contributed by atoms with van der Waals surface area (Å²) in [5.74, 6) is -0.506. The van der Waals surface area contributed by atoms with E-state index in [1.807, 2.05) is 13.8 Å². The van der Waals surface area contributed by atoms with Crippen LogP contribution in [-0.4, -0.2) is 58.0 Å². The molecule has 0 aliphatic heterocycles. The van der Waals surface area contributed by atoms with Crippen molar-refractivity contribution in [2.75, 3.05) is 25.1 Å². The van der Waals surface area contributed by atoms with E-state index in [0.29, 0.717) is 32.8 Å². The van der Waals surface area contributed by atoms with Crippen molar-refractivity contribution < 1.29 is 27.5 Å². The van der Waals surface area contributed by atoms with Crippen molar-refractivity contribution in [2.45, 2.75) is 50.7 Å². The van der Waals surface area contributed by atoms with Crippen molar-refractivity contribution in [3.63, 3.8) is 0 Å². The zero-order chi connectivity index (χ0) is 31.9. The topological polar surface area (TPSA) is 105 Å². The largest absolute Gasteiger partial charge is 0.493 e. The number of ether oxygens (including phenoxy) is 2. The number of methoxy groups -OCH3 is 2. The summed E-state index contributed by atoms with van der Waals surface area (Å²) in [6.07, 6.45) is 0.684. The first kappa shape index (κ1) is 34.3. The van der Waals surface area contributed by atoms with Crippen LogP contribution < -0.4 is 19.1 Å². The number of sulfonamides is 1. The molecule has 13 heteroatoms. The van der Waals surface area contributed by atoms with Crippen LogP contribution in [0.2, 0.25) is 15.1 Å². The number of halogens is 3. The second-order valence-corrected chi connectivity index (χ2v) is 12.9. The molecule has 0 saturated heterocycles. The van der Waals surface area contributed by atoms with Crippen molar-refractivity contribution in [3.05, 3.63) is 81.3 Å². The lowest BCUT2D eigenvalue weighted by Gasteiger charge is -2.32. The van der Waals surface area contributed by atoms with Gasteiger partial charge in [-0.25, -0.2) is 8.42 Å². The Kier molecular flexibility index (Phi) is 12.0. The standard InChI is InChI=1S/C30H34Cl3N3O6S/c1-6-19(2)34-30(38)20(3)35(17-21-7-8-23(32)15-26(21)33)29(37)18-36(24-11-9-22(31)10-12-24)43(39,40)25-13-14-27(41-4)28(16-25)42-5/h7-16,19-20H,6,17-18H2,1-5H3,(H,34,38). The average Bonchev–Trinajstić information content (AvgIpc) is 2.98. The summed E-state index contributed by atoms with van der Waals surface area (Å²) in [4.78, 5) is 28.4. The molecule has 2 amide bonds. The minimum absolute atomic E-state index is 0.0746. The molecular weight excluding hydrogens is 637 g/mol. The van der Waals surface area contributed by atoms with Gasteiger partial charge in [0.25, 0.3) is 10.0 Å². The maximum atomic E-state index is 14.1. The minimum atomic E-state index is -4.35. The molecular formula is C30H34Cl3N3O6S. The fourth-order valence-corrected chi connectivity index (χ4v) is 6.15. The number of carbonyl (C=O) groups is 2. The highest BCUT2D eigenvalue weighted by molar-refractivity contribution is 7.92. The lowest BCUT2D eigenvalue weighted by atomic mass is 10.1. The first-order valence-electron chi connectivity index (χ1n) is 13.4. The van der Waals surface area contributed by atoms with Crippen molar-refractivity contribution >= 4 is 62.3 Å². The summed E-state index contributed by atoms with van der Waals surface area (Å²) >= 11 is 18.6. The van der Waals surface area contributed by atoms with E-state index in [4.69, 9.17) is 44.3 Å². The molecule has 3 aromatic carbocycles. The number of nitrogens with one attached hydrogen (secondary N) is 1. The number of hydrogen-bond donors (Lipinski definition) is 1. The van der Waals surface area contributed by atoms with E-state index in [1.54, 1.807) is 19.1 Å². The number of anilines is 1. The Balaban J connectivity index is 2.08. The number of carbonyl (C=O) groups excluding carboxylic acids is 2. The Hall–Kier alpha value is -3.18. The van der Waals surface area contributed by atoms with Crippen LogP contribution in [-0.2, 0) is 26.2 Å². The predicted molar refractivity (Wildman–Crippen MR) is 170 cm³/mol. The summed E-state index contributed by atoms with van der Waals surface area (Å²) in [6, 6.07) is 13.9. The highest BCUT2D eigenvalue weighted by atomic mass is 35.5. The van der Waals surface area contributed by atoms with Crippen molar-refractivity contribution in [3.8, 4) is 11.5 Å². The third kappa shape index (κ3) is 8.47. The maximum absolute atomic E-state index is 14.1. The summed E-state index contributed by atoms with van der Waals surface area (Å²) in [5.41, 5.74) is 0.720. The Morgan fingerprint density at radius 2 is 1.51 bits per heavy atom. The fraction of sp³-hybridized carbons (Fsp3) is 0.333.